The molecule has 0 spiro atoms. The van der Waals surface area contributed by atoms with E-state index in [2.05, 4.69) is 17.6 Å². The molecule has 0 bridgehead atoms. The first-order chi connectivity index (χ1) is 9.72. The fourth-order valence-electron chi connectivity index (χ4n) is 1.93. The van der Waals surface area contributed by atoms with Crippen molar-refractivity contribution < 1.29 is 14.3 Å². The lowest BCUT2D eigenvalue weighted by Gasteiger charge is -2.19. The molecule has 1 rings (SSSR count). The van der Waals surface area contributed by atoms with E-state index in [1.54, 1.807) is 7.05 Å². The lowest BCUT2D eigenvalue weighted by molar-refractivity contribution is -0.129. The Morgan fingerprint density at radius 3 is 2.80 bits per heavy atom. The van der Waals surface area contributed by atoms with Crippen molar-refractivity contribution in [3.8, 4) is 0 Å². The summed E-state index contributed by atoms with van der Waals surface area (Å²) in [5, 5.41) is 5.99. The average Bonchev–Trinajstić information content (AvgIpc) is 2.47. The van der Waals surface area contributed by atoms with Crippen LogP contribution in [0.1, 0.15) is 37.8 Å². The van der Waals surface area contributed by atoms with Crippen LogP contribution in [0, 0.1) is 0 Å². The number of ether oxygens (including phenoxy) is 1. The molecule has 0 radical (unpaired) electrons. The SMILES string of the molecule is CCCCC(=O)Nc1ccccc1C(COC=O)NC. The Morgan fingerprint density at radius 1 is 1.40 bits per heavy atom. The number of carbonyl (C=O) groups excluding carboxylic acids is 2. The first-order valence-electron chi connectivity index (χ1n) is 6.84. The van der Waals surface area contributed by atoms with Gasteiger partial charge in [0.05, 0.1) is 6.04 Å². The van der Waals surface area contributed by atoms with E-state index < -0.39 is 0 Å². The van der Waals surface area contributed by atoms with Gasteiger partial charge in [0, 0.05) is 12.1 Å². The van der Waals surface area contributed by atoms with Crippen molar-refractivity contribution in [3.63, 3.8) is 0 Å². The van der Waals surface area contributed by atoms with Crippen LogP contribution in [0.2, 0.25) is 0 Å². The van der Waals surface area contributed by atoms with Crippen molar-refractivity contribution >= 4 is 18.1 Å². The Kier molecular flexibility index (Phi) is 7.35. The summed E-state index contributed by atoms with van der Waals surface area (Å²) >= 11 is 0. The Labute approximate surface area is 119 Å². The number of rotatable bonds is 9. The summed E-state index contributed by atoms with van der Waals surface area (Å²) in [5.41, 5.74) is 1.66. The van der Waals surface area contributed by atoms with E-state index in [1.165, 1.54) is 0 Å². The van der Waals surface area contributed by atoms with E-state index in [0.717, 1.165) is 24.1 Å². The minimum Gasteiger partial charge on any atom is -0.466 e. The molecule has 0 saturated carbocycles. The molecule has 110 valence electrons. The smallest absolute Gasteiger partial charge is 0.293 e. The molecule has 0 aliphatic rings. The van der Waals surface area contributed by atoms with E-state index in [-0.39, 0.29) is 18.6 Å². The van der Waals surface area contributed by atoms with Crippen LogP contribution < -0.4 is 10.6 Å². The van der Waals surface area contributed by atoms with Gasteiger partial charge in [0.2, 0.25) is 5.91 Å². The minimum atomic E-state index is -0.150. The summed E-state index contributed by atoms with van der Waals surface area (Å²) in [5.74, 6) is 0.00505. The fraction of sp³-hybridized carbons (Fsp3) is 0.467. The summed E-state index contributed by atoms with van der Waals surface area (Å²) < 4.78 is 4.81. The van der Waals surface area contributed by atoms with Crippen LogP contribution in [0.5, 0.6) is 0 Å². The average molecular weight is 278 g/mol. The van der Waals surface area contributed by atoms with Gasteiger partial charge in [0.25, 0.3) is 6.47 Å². The molecule has 20 heavy (non-hydrogen) atoms. The molecule has 1 unspecified atom stereocenters. The largest absolute Gasteiger partial charge is 0.466 e. The Hall–Kier alpha value is -1.88. The zero-order valence-corrected chi connectivity index (χ0v) is 12.0. The van der Waals surface area contributed by atoms with Crippen molar-refractivity contribution in [1.29, 1.82) is 0 Å². The number of likely N-dealkylation sites (N-methyl/N-ethyl adjacent to an activating group) is 1. The van der Waals surface area contributed by atoms with E-state index in [9.17, 15) is 9.59 Å². The number of anilines is 1. The van der Waals surface area contributed by atoms with E-state index >= 15 is 0 Å². The quantitative estimate of drug-likeness (QED) is 0.680. The van der Waals surface area contributed by atoms with Crippen molar-refractivity contribution in [1.82, 2.24) is 5.32 Å². The van der Waals surface area contributed by atoms with E-state index in [0.29, 0.717) is 12.9 Å². The maximum atomic E-state index is 11.8. The molecule has 0 aliphatic carbocycles. The number of nitrogens with one attached hydrogen (secondary N) is 2. The van der Waals surface area contributed by atoms with Gasteiger partial charge in [-0.3, -0.25) is 9.59 Å². The normalized spacial score (nSPS) is 11.7. The number of amides is 1. The molecule has 2 N–H and O–H groups in total. The van der Waals surface area contributed by atoms with E-state index in [4.69, 9.17) is 4.74 Å². The number of unbranched alkanes of at least 4 members (excludes halogenated alkanes) is 1. The van der Waals surface area contributed by atoms with Gasteiger partial charge in [0.15, 0.2) is 0 Å². The van der Waals surface area contributed by atoms with Crippen LogP contribution >= 0.6 is 0 Å². The molecule has 0 aliphatic heterocycles. The fourth-order valence-corrected chi connectivity index (χ4v) is 1.93. The monoisotopic (exact) mass is 278 g/mol. The highest BCUT2D eigenvalue weighted by Gasteiger charge is 2.15. The molecule has 5 heteroatoms. The van der Waals surface area contributed by atoms with Gasteiger partial charge in [-0.2, -0.15) is 0 Å². The molecule has 0 fully saturated rings. The van der Waals surface area contributed by atoms with Gasteiger partial charge in [-0.1, -0.05) is 31.5 Å². The predicted octanol–water partition coefficient (Wildman–Crippen LogP) is 2.25. The summed E-state index contributed by atoms with van der Waals surface area (Å²) in [6.45, 7) is 2.70. The first-order valence-corrected chi connectivity index (χ1v) is 6.84. The van der Waals surface area contributed by atoms with Gasteiger partial charge in [0.1, 0.15) is 6.61 Å². The zero-order valence-electron chi connectivity index (χ0n) is 12.0. The second kappa shape index (κ2) is 9.09. The number of hydrogen-bond acceptors (Lipinski definition) is 4. The molecule has 1 amide bonds. The van der Waals surface area contributed by atoms with Crippen molar-refractivity contribution in [2.75, 3.05) is 19.0 Å². The summed E-state index contributed by atoms with van der Waals surface area (Å²) in [6.07, 6.45) is 2.37. The van der Waals surface area contributed by atoms with Crippen LogP contribution in [-0.2, 0) is 14.3 Å². The Bertz CT molecular complexity index is 435. The maximum Gasteiger partial charge on any atom is 0.293 e. The highest BCUT2D eigenvalue weighted by Crippen LogP contribution is 2.23. The Balaban J connectivity index is 2.80. The van der Waals surface area contributed by atoms with Crippen molar-refractivity contribution in [3.05, 3.63) is 29.8 Å². The van der Waals surface area contributed by atoms with Crippen LogP contribution in [-0.4, -0.2) is 26.0 Å². The van der Waals surface area contributed by atoms with Gasteiger partial charge in [-0.25, -0.2) is 0 Å². The van der Waals surface area contributed by atoms with E-state index in [1.807, 2.05) is 24.3 Å². The van der Waals surface area contributed by atoms with Crippen LogP contribution in [0.15, 0.2) is 24.3 Å². The molecule has 5 nitrogen and oxygen atoms in total. The number of hydrogen-bond donors (Lipinski definition) is 2. The lowest BCUT2D eigenvalue weighted by atomic mass is 10.0. The second-order valence-electron chi connectivity index (χ2n) is 4.51. The van der Waals surface area contributed by atoms with Crippen LogP contribution in [0.3, 0.4) is 0 Å². The number of benzene rings is 1. The number of para-hydroxylation sites is 1. The molecule has 0 aromatic heterocycles. The Morgan fingerprint density at radius 2 is 2.15 bits per heavy atom. The molecule has 0 heterocycles. The third-order valence-electron chi connectivity index (χ3n) is 3.05. The molecule has 1 aromatic carbocycles. The molecular weight excluding hydrogens is 256 g/mol. The maximum absolute atomic E-state index is 11.8. The third kappa shape index (κ3) is 5.01. The van der Waals surface area contributed by atoms with Gasteiger partial charge < -0.3 is 15.4 Å². The van der Waals surface area contributed by atoms with Crippen molar-refractivity contribution in [2.24, 2.45) is 0 Å². The summed E-state index contributed by atoms with van der Waals surface area (Å²) in [6, 6.07) is 7.37. The minimum absolute atomic E-state index is 0.00505. The van der Waals surface area contributed by atoms with Crippen LogP contribution in [0.4, 0.5) is 5.69 Å². The second-order valence-corrected chi connectivity index (χ2v) is 4.51. The van der Waals surface area contributed by atoms with Crippen LogP contribution in [0.25, 0.3) is 0 Å². The predicted molar refractivity (Wildman–Crippen MR) is 78.4 cm³/mol. The molecule has 1 aromatic rings. The summed E-state index contributed by atoms with van der Waals surface area (Å²) in [4.78, 5) is 22.1. The number of carbonyl (C=O) groups is 2. The molecule has 0 saturated heterocycles. The van der Waals surface area contributed by atoms with Crippen molar-refractivity contribution in [2.45, 2.75) is 32.2 Å². The van der Waals surface area contributed by atoms with Gasteiger partial charge in [-0.15, -0.1) is 0 Å². The standard InChI is InChI=1S/C15H22N2O3/c1-3-4-9-15(19)17-13-8-6-5-7-12(13)14(16-2)10-20-11-18/h5-8,11,14,16H,3-4,9-10H2,1-2H3,(H,17,19). The third-order valence-corrected chi connectivity index (χ3v) is 3.05. The molecular formula is C15H22N2O3. The topological polar surface area (TPSA) is 67.4 Å². The highest BCUT2D eigenvalue weighted by molar-refractivity contribution is 5.91. The lowest BCUT2D eigenvalue weighted by Crippen LogP contribution is -2.23. The van der Waals surface area contributed by atoms with Gasteiger partial charge in [-0.05, 0) is 25.1 Å². The first kappa shape index (κ1) is 16.2. The molecule has 1 atom stereocenters. The van der Waals surface area contributed by atoms with Gasteiger partial charge >= 0.3 is 0 Å². The summed E-state index contributed by atoms with van der Waals surface area (Å²) in [7, 11) is 1.79. The highest BCUT2D eigenvalue weighted by atomic mass is 16.5. The zero-order chi connectivity index (χ0) is 14.8.